The smallest absolute Gasteiger partial charge is 0.246 e. The second kappa shape index (κ2) is 7.13. The normalized spacial score (nSPS) is 21.4. The highest BCUT2D eigenvalue weighted by Gasteiger charge is 2.41. The zero-order chi connectivity index (χ0) is 21.8. The van der Waals surface area contributed by atoms with Gasteiger partial charge in [-0.3, -0.25) is 9.59 Å². The Hall–Kier alpha value is -1.86. The second-order valence-corrected chi connectivity index (χ2v) is 14.7. The van der Waals surface area contributed by atoms with E-state index in [2.05, 4.69) is 33.9 Å². The summed E-state index contributed by atoms with van der Waals surface area (Å²) in [6, 6.07) is 3.29. The minimum Gasteiger partial charge on any atom is -0.491 e. The van der Waals surface area contributed by atoms with E-state index in [0.29, 0.717) is 22.8 Å². The van der Waals surface area contributed by atoms with Crippen molar-refractivity contribution in [3.05, 3.63) is 17.7 Å². The van der Waals surface area contributed by atoms with Crippen molar-refractivity contribution >= 4 is 19.9 Å². The molecule has 160 valence electrons. The van der Waals surface area contributed by atoms with Gasteiger partial charge in [0.05, 0.1) is 5.56 Å². The van der Waals surface area contributed by atoms with Crippen molar-refractivity contribution in [1.82, 2.24) is 0 Å². The molecule has 2 atom stereocenters. The van der Waals surface area contributed by atoms with Gasteiger partial charge in [0, 0.05) is 32.4 Å². The van der Waals surface area contributed by atoms with Crippen LogP contribution in [0.4, 0.5) is 0 Å². The van der Waals surface area contributed by atoms with E-state index in [0.717, 1.165) is 0 Å². The lowest BCUT2D eigenvalue weighted by Gasteiger charge is -2.38. The lowest BCUT2D eigenvalue weighted by Crippen LogP contribution is -2.44. The molecule has 29 heavy (non-hydrogen) atoms. The number of ketones is 2. The van der Waals surface area contributed by atoms with Gasteiger partial charge in [-0.05, 0) is 31.1 Å². The summed E-state index contributed by atoms with van der Waals surface area (Å²) in [6.45, 7) is 16.3. The summed E-state index contributed by atoms with van der Waals surface area (Å²) >= 11 is 0. The summed E-state index contributed by atoms with van der Waals surface area (Å²) in [7, 11) is -1.98. The Morgan fingerprint density at radius 2 is 1.79 bits per heavy atom. The molecule has 1 unspecified atom stereocenters. The lowest BCUT2D eigenvalue weighted by atomic mass is 9.89. The van der Waals surface area contributed by atoms with Gasteiger partial charge in [-0.1, -0.05) is 20.8 Å². The molecule has 0 fully saturated rings. The van der Waals surface area contributed by atoms with Gasteiger partial charge in [0.1, 0.15) is 24.1 Å². The fraction of sp³-hybridized carbons (Fsp3) is 0.636. The molecule has 0 spiro atoms. The lowest BCUT2D eigenvalue weighted by molar-refractivity contribution is -0.123. The zero-order valence-electron chi connectivity index (χ0n) is 18.7. The van der Waals surface area contributed by atoms with Crippen LogP contribution in [-0.4, -0.2) is 38.4 Å². The third-order valence-corrected chi connectivity index (χ3v) is 10.5. The van der Waals surface area contributed by atoms with Crippen molar-refractivity contribution in [3.8, 4) is 17.2 Å². The monoisotopic (exact) mass is 420 g/mol. The predicted molar refractivity (Wildman–Crippen MR) is 112 cm³/mol. The highest BCUT2D eigenvalue weighted by atomic mass is 28.4. The van der Waals surface area contributed by atoms with Crippen LogP contribution in [0.25, 0.3) is 0 Å². The highest BCUT2D eigenvalue weighted by Crippen LogP contribution is 2.45. The maximum absolute atomic E-state index is 13.0. The summed E-state index contributed by atoms with van der Waals surface area (Å²) in [5, 5.41) is 0.0588. The maximum atomic E-state index is 13.0. The first-order chi connectivity index (χ1) is 13.2. The summed E-state index contributed by atoms with van der Waals surface area (Å²) in [4.78, 5) is 25.9. The van der Waals surface area contributed by atoms with E-state index < -0.39 is 20.0 Å². The molecule has 0 N–H and O–H groups in total. The zero-order valence-corrected chi connectivity index (χ0v) is 19.7. The minimum atomic E-state index is -1.98. The van der Waals surface area contributed by atoms with Crippen molar-refractivity contribution in [2.24, 2.45) is 5.92 Å². The molecule has 1 aromatic rings. The number of benzene rings is 1. The Morgan fingerprint density at radius 3 is 2.38 bits per heavy atom. The van der Waals surface area contributed by atoms with Crippen LogP contribution in [0.15, 0.2) is 12.1 Å². The molecule has 2 aliphatic heterocycles. The first-order valence-corrected chi connectivity index (χ1v) is 13.0. The molecule has 0 aliphatic carbocycles. The first-order valence-electron chi connectivity index (χ1n) is 10.1. The van der Waals surface area contributed by atoms with Crippen LogP contribution in [0.2, 0.25) is 18.1 Å². The average molecular weight is 421 g/mol. The van der Waals surface area contributed by atoms with Crippen molar-refractivity contribution in [1.29, 1.82) is 0 Å². The van der Waals surface area contributed by atoms with Gasteiger partial charge in [-0.2, -0.15) is 0 Å². The van der Waals surface area contributed by atoms with E-state index in [4.69, 9.17) is 18.6 Å². The minimum absolute atomic E-state index is 0.0422. The van der Waals surface area contributed by atoms with Crippen molar-refractivity contribution < 1.29 is 28.2 Å². The number of fused-ring (bicyclic) bond motifs is 2. The van der Waals surface area contributed by atoms with Crippen LogP contribution in [0.5, 0.6) is 17.2 Å². The molecule has 0 radical (unpaired) electrons. The summed E-state index contributed by atoms with van der Waals surface area (Å²) in [5.74, 6) is -0.514. The topological polar surface area (TPSA) is 71.1 Å². The Kier molecular flexibility index (Phi) is 5.37. The van der Waals surface area contributed by atoms with Crippen LogP contribution in [0, 0.1) is 5.92 Å². The van der Waals surface area contributed by atoms with E-state index in [-0.39, 0.29) is 35.7 Å². The van der Waals surface area contributed by atoms with Crippen molar-refractivity contribution in [3.63, 3.8) is 0 Å². The van der Waals surface area contributed by atoms with Gasteiger partial charge < -0.3 is 18.6 Å². The standard InChI is InChI=1S/C22H32O6Si/c1-13(28-29(7,8)21(2,3)4)9-16(23)15-12-25-17-11-19-18(10-14(17)20(15)24)26-22(5,6)27-19/h10-11,13,15H,9,12H2,1-8H3/t13-,15?/m0/s1. The number of carbonyl (C=O) groups is 2. The molecule has 6 nitrogen and oxygen atoms in total. The Morgan fingerprint density at radius 1 is 1.21 bits per heavy atom. The molecule has 2 heterocycles. The van der Waals surface area contributed by atoms with Crippen molar-refractivity contribution in [2.75, 3.05) is 6.61 Å². The maximum Gasteiger partial charge on any atom is 0.246 e. The van der Waals surface area contributed by atoms with E-state index >= 15 is 0 Å². The average Bonchev–Trinajstić information content (AvgIpc) is 2.84. The van der Waals surface area contributed by atoms with Gasteiger partial charge >= 0.3 is 0 Å². The predicted octanol–water partition coefficient (Wildman–Crippen LogP) is 4.75. The number of hydrogen-bond acceptors (Lipinski definition) is 6. The largest absolute Gasteiger partial charge is 0.491 e. The van der Waals surface area contributed by atoms with Crippen LogP contribution < -0.4 is 14.2 Å². The highest BCUT2D eigenvalue weighted by molar-refractivity contribution is 6.74. The van der Waals surface area contributed by atoms with E-state index in [1.54, 1.807) is 26.0 Å². The molecule has 0 bridgehead atoms. The third kappa shape index (κ3) is 4.35. The van der Waals surface area contributed by atoms with Gasteiger partial charge in [0.15, 0.2) is 25.6 Å². The number of Topliss-reactive ketones (excluding diaryl/α,β-unsaturated/α-hetero) is 2. The molecule has 0 aromatic heterocycles. The Labute approximate surface area is 174 Å². The molecule has 0 saturated carbocycles. The van der Waals surface area contributed by atoms with Crippen LogP contribution in [-0.2, 0) is 9.22 Å². The van der Waals surface area contributed by atoms with Crippen LogP contribution >= 0.6 is 0 Å². The molecule has 0 amide bonds. The summed E-state index contributed by atoms with van der Waals surface area (Å²) < 4.78 is 23.5. The van der Waals surface area contributed by atoms with E-state index in [9.17, 15) is 9.59 Å². The number of hydrogen-bond donors (Lipinski definition) is 0. The van der Waals surface area contributed by atoms with Gasteiger partial charge in [0.25, 0.3) is 0 Å². The molecule has 7 heteroatoms. The molecule has 2 aliphatic rings. The molecule has 1 aromatic carbocycles. The van der Waals surface area contributed by atoms with E-state index in [1.165, 1.54) is 0 Å². The van der Waals surface area contributed by atoms with Crippen LogP contribution in [0.1, 0.15) is 58.3 Å². The summed E-state index contributed by atoms with van der Waals surface area (Å²) in [5.41, 5.74) is 0.368. The molecular formula is C22H32O6Si. The molecule has 3 rings (SSSR count). The Balaban J connectivity index is 1.71. The fourth-order valence-electron chi connectivity index (χ4n) is 3.39. The van der Waals surface area contributed by atoms with Crippen molar-refractivity contribution in [2.45, 2.75) is 78.0 Å². The molecule has 0 saturated heterocycles. The fourth-order valence-corrected chi connectivity index (χ4v) is 4.83. The van der Waals surface area contributed by atoms with Gasteiger partial charge in [-0.15, -0.1) is 0 Å². The van der Waals surface area contributed by atoms with Gasteiger partial charge in [0.2, 0.25) is 5.79 Å². The quantitative estimate of drug-likeness (QED) is 0.505. The van der Waals surface area contributed by atoms with Crippen LogP contribution in [0.3, 0.4) is 0 Å². The van der Waals surface area contributed by atoms with Gasteiger partial charge in [-0.25, -0.2) is 0 Å². The summed E-state index contributed by atoms with van der Waals surface area (Å²) in [6.07, 6.45) is -0.0470. The third-order valence-electron chi connectivity index (χ3n) is 5.92. The number of carbonyl (C=O) groups excluding carboxylic acids is 2. The molecular weight excluding hydrogens is 388 g/mol. The van der Waals surface area contributed by atoms with E-state index in [1.807, 2.05) is 6.92 Å². The second-order valence-electron chi connectivity index (χ2n) is 9.99. The number of rotatable bonds is 5. The Bertz CT molecular complexity index is 836. The first kappa shape index (κ1) is 21.8. The number of ether oxygens (including phenoxy) is 3. The SMILES string of the molecule is C[C@@H](CC(=O)C1COc2cc3c(cc2C1=O)OC(C)(C)O3)O[Si](C)(C)C(C)(C)C.